The van der Waals surface area contributed by atoms with Crippen LogP contribution >= 0.6 is 0 Å². The summed E-state index contributed by atoms with van der Waals surface area (Å²) < 4.78 is 64.1. The molecule has 7 heteroatoms. The second-order valence-electron chi connectivity index (χ2n) is 8.03. The van der Waals surface area contributed by atoms with E-state index in [0.717, 1.165) is 44.2 Å². The van der Waals surface area contributed by atoms with Gasteiger partial charge in [0.05, 0.1) is 19.1 Å². The molecule has 31 heavy (non-hydrogen) atoms. The van der Waals surface area contributed by atoms with Crippen LogP contribution in [0.5, 0.6) is 0 Å². The molecule has 2 atom stereocenters. The van der Waals surface area contributed by atoms with E-state index in [2.05, 4.69) is 6.92 Å². The molecule has 1 fully saturated rings. The Morgan fingerprint density at radius 2 is 1.65 bits per heavy atom. The van der Waals surface area contributed by atoms with Crippen molar-refractivity contribution in [1.82, 2.24) is 0 Å². The first-order valence-corrected chi connectivity index (χ1v) is 10.6. The summed E-state index contributed by atoms with van der Waals surface area (Å²) in [4.78, 5) is 10.8. The van der Waals surface area contributed by atoms with Crippen LogP contribution in [0.2, 0.25) is 0 Å². The summed E-state index contributed by atoms with van der Waals surface area (Å²) in [6, 6.07) is 4.76. The summed E-state index contributed by atoms with van der Waals surface area (Å²) in [6.07, 6.45) is 5.16. The number of rotatable bonds is 8. The van der Waals surface area contributed by atoms with Crippen LogP contribution in [-0.4, -0.2) is 23.8 Å². The fourth-order valence-electron chi connectivity index (χ4n) is 4.09. The highest BCUT2D eigenvalue weighted by Gasteiger charge is 2.28. The molecule has 1 N–H and O–H groups in total. The highest BCUT2D eigenvalue weighted by Crippen LogP contribution is 2.36. The second-order valence-corrected chi connectivity index (χ2v) is 8.03. The third kappa shape index (κ3) is 5.26. The Balaban J connectivity index is 1.79. The van der Waals surface area contributed by atoms with Gasteiger partial charge < -0.3 is 9.84 Å². The summed E-state index contributed by atoms with van der Waals surface area (Å²) in [7, 11) is 0. The van der Waals surface area contributed by atoms with Gasteiger partial charge in [-0.2, -0.15) is 0 Å². The molecule has 1 saturated heterocycles. The maximum absolute atomic E-state index is 14.8. The smallest absolute Gasteiger partial charge is 0.307 e. The van der Waals surface area contributed by atoms with Crippen molar-refractivity contribution in [3.05, 3.63) is 58.7 Å². The standard InChI is InChI=1S/C24H26F4O3/c1-2-3-4-5-16-8-6-15(13-31-16)17-10-11-19(24(28)22(17)26)18-9-7-14(12-20(29)30)21(25)23(18)27/h7,9-11,15-16H,2-6,8,12-13H2,1H3,(H,29,30). The molecule has 2 aromatic carbocycles. The molecule has 0 saturated carbocycles. The predicted molar refractivity (Wildman–Crippen MR) is 109 cm³/mol. The lowest BCUT2D eigenvalue weighted by atomic mass is 9.88. The van der Waals surface area contributed by atoms with Crippen molar-refractivity contribution >= 4 is 5.97 Å². The fourth-order valence-corrected chi connectivity index (χ4v) is 4.09. The maximum atomic E-state index is 14.8. The average Bonchev–Trinajstić information content (AvgIpc) is 2.75. The number of aliphatic carboxylic acids is 1. The van der Waals surface area contributed by atoms with E-state index in [1.165, 1.54) is 12.1 Å². The molecule has 0 amide bonds. The molecule has 1 heterocycles. The predicted octanol–water partition coefficient (Wildman–Crippen LogP) is 6.38. The molecule has 0 aromatic heterocycles. The van der Waals surface area contributed by atoms with E-state index >= 15 is 0 Å². The van der Waals surface area contributed by atoms with Gasteiger partial charge in [-0.25, -0.2) is 17.6 Å². The van der Waals surface area contributed by atoms with E-state index in [0.29, 0.717) is 13.0 Å². The van der Waals surface area contributed by atoms with Crippen molar-refractivity contribution < 1.29 is 32.2 Å². The number of carbonyl (C=O) groups is 1. The summed E-state index contributed by atoms with van der Waals surface area (Å²) in [5.41, 5.74) is -1.06. The lowest BCUT2D eigenvalue weighted by Gasteiger charge is -2.30. The van der Waals surface area contributed by atoms with Crippen molar-refractivity contribution in [3.8, 4) is 11.1 Å². The summed E-state index contributed by atoms with van der Waals surface area (Å²) >= 11 is 0. The van der Waals surface area contributed by atoms with Gasteiger partial charge >= 0.3 is 5.97 Å². The van der Waals surface area contributed by atoms with Gasteiger partial charge in [0.15, 0.2) is 23.3 Å². The Morgan fingerprint density at radius 1 is 0.968 bits per heavy atom. The number of hydrogen-bond acceptors (Lipinski definition) is 2. The SMILES string of the molecule is CCCCCC1CCC(c2ccc(-c3ccc(CC(=O)O)c(F)c3F)c(F)c2F)CO1. The van der Waals surface area contributed by atoms with E-state index in [1.807, 2.05) is 0 Å². The van der Waals surface area contributed by atoms with Gasteiger partial charge in [-0.05, 0) is 24.8 Å². The Bertz CT molecular complexity index is 937. The van der Waals surface area contributed by atoms with Gasteiger partial charge in [0.2, 0.25) is 0 Å². The Labute approximate surface area is 179 Å². The van der Waals surface area contributed by atoms with Crippen LogP contribution in [0.4, 0.5) is 17.6 Å². The second kappa shape index (κ2) is 10.3. The first kappa shape index (κ1) is 23.3. The summed E-state index contributed by atoms with van der Waals surface area (Å²) in [5.74, 6) is -6.75. The molecule has 0 bridgehead atoms. The first-order valence-electron chi connectivity index (χ1n) is 10.6. The quantitative estimate of drug-likeness (QED) is 0.384. The van der Waals surface area contributed by atoms with E-state index in [4.69, 9.17) is 9.84 Å². The number of ether oxygens (including phenoxy) is 1. The first-order chi connectivity index (χ1) is 14.8. The Morgan fingerprint density at radius 3 is 2.26 bits per heavy atom. The zero-order chi connectivity index (χ0) is 22.5. The number of unbranched alkanes of at least 4 members (excludes halogenated alkanes) is 2. The lowest BCUT2D eigenvalue weighted by Crippen LogP contribution is -2.25. The van der Waals surface area contributed by atoms with Crippen LogP contribution in [-0.2, 0) is 16.0 Å². The molecule has 1 aliphatic rings. The number of hydrogen-bond donors (Lipinski definition) is 1. The monoisotopic (exact) mass is 438 g/mol. The van der Waals surface area contributed by atoms with Crippen LogP contribution in [0.1, 0.15) is 62.5 Å². The molecule has 3 nitrogen and oxygen atoms in total. The number of benzene rings is 2. The molecule has 2 aromatic rings. The average molecular weight is 438 g/mol. The fraction of sp³-hybridized carbons (Fsp3) is 0.458. The minimum Gasteiger partial charge on any atom is -0.481 e. The van der Waals surface area contributed by atoms with Crippen LogP contribution in [0.15, 0.2) is 24.3 Å². The molecule has 3 rings (SSSR count). The number of carboxylic acid groups (broad SMARTS) is 1. The van der Waals surface area contributed by atoms with E-state index in [-0.39, 0.29) is 23.1 Å². The molecule has 0 aliphatic carbocycles. The topological polar surface area (TPSA) is 46.5 Å². The highest BCUT2D eigenvalue weighted by atomic mass is 19.2. The molecule has 168 valence electrons. The van der Waals surface area contributed by atoms with Gasteiger partial charge in [-0.3, -0.25) is 4.79 Å². The Kier molecular flexibility index (Phi) is 7.70. The third-order valence-corrected chi connectivity index (χ3v) is 5.85. The van der Waals surface area contributed by atoms with Crippen LogP contribution in [0, 0.1) is 23.3 Å². The van der Waals surface area contributed by atoms with Crippen molar-refractivity contribution in [3.63, 3.8) is 0 Å². The molecule has 1 aliphatic heterocycles. The number of halogens is 4. The molecular weight excluding hydrogens is 412 g/mol. The Hall–Kier alpha value is -2.41. The van der Waals surface area contributed by atoms with Crippen molar-refractivity contribution in [1.29, 1.82) is 0 Å². The molecule has 0 spiro atoms. The normalized spacial score (nSPS) is 18.9. The van der Waals surface area contributed by atoms with Crippen LogP contribution in [0.3, 0.4) is 0 Å². The summed E-state index contributed by atoms with van der Waals surface area (Å²) in [6.45, 7) is 2.42. The molecule has 0 radical (unpaired) electrons. The third-order valence-electron chi connectivity index (χ3n) is 5.85. The van der Waals surface area contributed by atoms with E-state index in [1.54, 1.807) is 0 Å². The van der Waals surface area contributed by atoms with Crippen LogP contribution in [0.25, 0.3) is 11.1 Å². The minimum absolute atomic E-state index is 0.136. The van der Waals surface area contributed by atoms with Gasteiger partial charge in [-0.1, -0.05) is 50.5 Å². The van der Waals surface area contributed by atoms with Gasteiger partial charge in [0.1, 0.15) is 0 Å². The lowest BCUT2D eigenvalue weighted by molar-refractivity contribution is -0.136. The summed E-state index contributed by atoms with van der Waals surface area (Å²) in [5, 5.41) is 8.76. The van der Waals surface area contributed by atoms with Crippen LogP contribution < -0.4 is 0 Å². The van der Waals surface area contributed by atoms with E-state index < -0.39 is 46.8 Å². The van der Waals surface area contributed by atoms with Gasteiger partial charge in [-0.15, -0.1) is 0 Å². The van der Waals surface area contributed by atoms with Crippen molar-refractivity contribution in [2.24, 2.45) is 0 Å². The van der Waals surface area contributed by atoms with Crippen molar-refractivity contribution in [2.45, 2.75) is 63.9 Å². The van der Waals surface area contributed by atoms with Gasteiger partial charge in [0, 0.05) is 22.6 Å². The zero-order valence-corrected chi connectivity index (χ0v) is 17.4. The number of carboxylic acids is 1. The van der Waals surface area contributed by atoms with E-state index in [9.17, 15) is 22.4 Å². The van der Waals surface area contributed by atoms with Crippen molar-refractivity contribution in [2.75, 3.05) is 6.61 Å². The molecular formula is C24H26F4O3. The largest absolute Gasteiger partial charge is 0.481 e. The zero-order valence-electron chi connectivity index (χ0n) is 17.4. The minimum atomic E-state index is -1.40. The molecule has 2 unspecified atom stereocenters. The van der Waals surface area contributed by atoms with Gasteiger partial charge in [0.25, 0.3) is 0 Å². The maximum Gasteiger partial charge on any atom is 0.307 e. The highest BCUT2D eigenvalue weighted by molar-refractivity contribution is 5.72.